The number of hydrogen-bond acceptors (Lipinski definition) is 4. The highest BCUT2D eigenvalue weighted by Crippen LogP contribution is 2.43. The smallest absolute Gasteiger partial charge is 0.0743 e. The average molecular weight is 1160 g/mol. The molecule has 88 heavy (non-hydrogen) atoms. The van der Waals surface area contributed by atoms with Gasteiger partial charge in [-0.05, 0) is 271 Å². The second-order valence-electron chi connectivity index (χ2n) is 25.7. The monoisotopic (exact) mass is 1160 g/mol. The molecular weight excluding hydrogens is 1070 g/mol. The fourth-order valence-electron chi connectivity index (χ4n) is 15.5. The Labute approximate surface area is 517 Å². The molecule has 10 aromatic rings. The number of aryl methyl sites for hydroxylation is 8. The van der Waals surface area contributed by atoms with Gasteiger partial charge in [-0.3, -0.25) is 0 Å². The number of allylic oxidation sites excluding steroid dienone is 4. The number of H-pyrrole nitrogens is 4. The average Bonchev–Trinajstić information content (AvgIpc) is 1.50. The van der Waals surface area contributed by atoms with Crippen molar-refractivity contribution in [1.82, 2.24) is 39.9 Å². The van der Waals surface area contributed by atoms with E-state index in [4.69, 9.17) is 19.9 Å². The lowest BCUT2D eigenvalue weighted by atomic mass is 9.91. The lowest BCUT2D eigenvalue weighted by molar-refractivity contribution is 0.796. The molecule has 14 rings (SSSR count). The van der Waals surface area contributed by atoms with E-state index < -0.39 is 0 Å². The molecule has 10 heterocycles. The second-order valence-corrected chi connectivity index (χ2v) is 25.7. The van der Waals surface area contributed by atoms with Crippen LogP contribution in [0.15, 0.2) is 84.9 Å². The standard InChI is InChI=1S/C80H86N8/c1-13-21-25-54-43(9)62-35-74-60-33-48-31-47-29-30-58-78(59(47)32-49(48)34-61(60)75(87-74)36-63-44(10)55(26-22-14-2)71(82-63)40-67-51(18-6)50(17-5)66(85-67)39-70(54)81-62)80-77-38-65-46(12)57(28-24-16-4)73(84-65)42-69-53(20-8)52(19-7)68(86-69)41-72-56(27-23-15-3)45(11)64(83-72)37-76(88-77)79(58)80/h29-42,81-84H,13-28H2,1-12H3. The molecule has 4 aliphatic rings. The molecule has 8 nitrogen and oxygen atoms in total. The number of aromatic amines is 4. The zero-order valence-corrected chi connectivity index (χ0v) is 54.2. The minimum absolute atomic E-state index is 0.932. The second kappa shape index (κ2) is 23.0. The maximum Gasteiger partial charge on any atom is 0.0743 e. The summed E-state index contributed by atoms with van der Waals surface area (Å²) in [4.78, 5) is 38.3. The van der Waals surface area contributed by atoms with Crippen LogP contribution in [0.2, 0.25) is 0 Å². The summed E-state index contributed by atoms with van der Waals surface area (Å²) in [6.07, 6.45) is 16.8. The predicted octanol–water partition coefficient (Wildman–Crippen LogP) is 22.3. The van der Waals surface area contributed by atoms with E-state index in [0.717, 1.165) is 197 Å². The molecule has 1 aliphatic carbocycles. The molecule has 0 radical (unpaired) electrons. The number of nitrogens with one attached hydrogen (secondary N) is 4. The van der Waals surface area contributed by atoms with Crippen molar-refractivity contribution in [3.8, 4) is 0 Å². The molecule has 0 saturated heterocycles. The van der Waals surface area contributed by atoms with Crippen LogP contribution in [0, 0.1) is 38.1 Å². The van der Waals surface area contributed by atoms with Crippen LogP contribution in [0.1, 0.15) is 200 Å². The van der Waals surface area contributed by atoms with Crippen molar-refractivity contribution in [1.29, 1.82) is 0 Å². The van der Waals surface area contributed by atoms with Crippen molar-refractivity contribution < 1.29 is 0 Å². The van der Waals surface area contributed by atoms with E-state index in [1.807, 2.05) is 0 Å². The van der Waals surface area contributed by atoms with Gasteiger partial charge in [0, 0.05) is 70.7 Å². The molecule has 0 unspecified atom stereocenters. The lowest BCUT2D eigenvalue weighted by Crippen LogP contribution is -1.88. The summed E-state index contributed by atoms with van der Waals surface area (Å²) < 4.78 is 0. The van der Waals surface area contributed by atoms with Crippen LogP contribution in [-0.4, -0.2) is 39.9 Å². The minimum atomic E-state index is 0.932. The molecule has 0 atom stereocenters. The molecule has 0 fully saturated rings. The summed E-state index contributed by atoms with van der Waals surface area (Å²) in [5.74, 6) is 0. The van der Waals surface area contributed by atoms with Crippen LogP contribution in [0.5, 0.6) is 0 Å². The highest BCUT2D eigenvalue weighted by atomic mass is 14.8. The number of rotatable bonds is 16. The molecule has 4 N–H and O–H groups in total. The Hall–Kier alpha value is -8.36. The van der Waals surface area contributed by atoms with Crippen molar-refractivity contribution in [3.63, 3.8) is 0 Å². The first-order valence-corrected chi connectivity index (χ1v) is 33.6. The van der Waals surface area contributed by atoms with Gasteiger partial charge in [0.25, 0.3) is 0 Å². The normalized spacial score (nSPS) is 13.2. The van der Waals surface area contributed by atoms with Crippen molar-refractivity contribution in [2.75, 3.05) is 0 Å². The molecule has 16 bridgehead atoms. The molecule has 0 amide bonds. The van der Waals surface area contributed by atoms with E-state index in [9.17, 15) is 0 Å². The fourth-order valence-corrected chi connectivity index (χ4v) is 15.5. The van der Waals surface area contributed by atoms with Gasteiger partial charge >= 0.3 is 0 Å². The van der Waals surface area contributed by atoms with Crippen molar-refractivity contribution in [2.45, 2.75) is 186 Å². The lowest BCUT2D eigenvalue weighted by Gasteiger charge is -2.11. The zero-order valence-electron chi connectivity index (χ0n) is 54.2. The molecule has 8 heteroatoms. The first-order valence-electron chi connectivity index (χ1n) is 33.6. The first-order chi connectivity index (χ1) is 42.9. The molecule has 446 valence electrons. The maximum atomic E-state index is 5.70. The zero-order chi connectivity index (χ0) is 60.8. The summed E-state index contributed by atoms with van der Waals surface area (Å²) in [7, 11) is 0. The first kappa shape index (κ1) is 57.4. The van der Waals surface area contributed by atoms with Gasteiger partial charge < -0.3 is 19.9 Å². The number of nitrogens with zero attached hydrogens (tertiary/aromatic N) is 4. The summed E-state index contributed by atoms with van der Waals surface area (Å²) in [6.45, 7) is 27.5. The Morgan fingerprint density at radius 2 is 0.625 bits per heavy atom. The Morgan fingerprint density at radius 3 is 0.989 bits per heavy atom. The highest BCUT2D eigenvalue weighted by molar-refractivity contribution is 6.20. The van der Waals surface area contributed by atoms with Crippen LogP contribution in [0.25, 0.3) is 132 Å². The van der Waals surface area contributed by atoms with E-state index in [1.165, 1.54) is 115 Å². The van der Waals surface area contributed by atoms with Crippen molar-refractivity contribution in [3.05, 3.63) is 163 Å². The van der Waals surface area contributed by atoms with Crippen LogP contribution < -0.4 is 0 Å². The van der Waals surface area contributed by atoms with E-state index >= 15 is 0 Å². The van der Waals surface area contributed by atoms with Gasteiger partial charge in [0.05, 0.1) is 44.8 Å². The molecule has 3 aromatic carbocycles. The van der Waals surface area contributed by atoms with Crippen LogP contribution in [0.4, 0.5) is 0 Å². The van der Waals surface area contributed by atoms with Crippen LogP contribution in [-0.2, 0) is 25.7 Å². The van der Waals surface area contributed by atoms with Crippen LogP contribution >= 0.6 is 0 Å². The van der Waals surface area contributed by atoms with Gasteiger partial charge in [0.1, 0.15) is 0 Å². The predicted molar refractivity (Wildman–Crippen MR) is 378 cm³/mol. The Bertz CT molecular complexity index is 5240. The van der Waals surface area contributed by atoms with E-state index in [2.05, 4.69) is 188 Å². The third-order valence-electron chi connectivity index (χ3n) is 20.5. The summed E-state index contributed by atoms with van der Waals surface area (Å²) >= 11 is 0. The topological polar surface area (TPSA) is 115 Å². The third-order valence-corrected chi connectivity index (χ3v) is 20.5. The van der Waals surface area contributed by atoms with Gasteiger partial charge in [-0.25, -0.2) is 19.9 Å². The van der Waals surface area contributed by atoms with Crippen molar-refractivity contribution >= 4 is 132 Å². The minimum Gasteiger partial charge on any atom is -0.355 e. The Balaban J connectivity index is 1.06. The molecule has 0 spiro atoms. The Morgan fingerprint density at radius 1 is 0.295 bits per heavy atom. The Kier molecular flexibility index (Phi) is 15.0. The number of hydrogen-bond donors (Lipinski definition) is 4. The molecular formula is C80H86N8. The van der Waals surface area contributed by atoms with Gasteiger partial charge in [-0.15, -0.1) is 0 Å². The van der Waals surface area contributed by atoms with E-state index in [0.29, 0.717) is 0 Å². The van der Waals surface area contributed by atoms with Crippen LogP contribution in [0.3, 0.4) is 0 Å². The van der Waals surface area contributed by atoms with Gasteiger partial charge in [-0.1, -0.05) is 93.2 Å². The van der Waals surface area contributed by atoms with Crippen molar-refractivity contribution in [2.24, 2.45) is 0 Å². The SMILES string of the molecule is CCCCc1c(C)c2cc3nc(cc4[nH]c(cc5nc(cc1[nH]2)C(CC)=C5CC)c(CCCC)c4C)c1c2c(ccc4cc5cc6c7cc8[nH]c(cc9nc(cc%10[nH]c(cc(n7)c6cc5cc42)c(C)c%10CCCC)C(CC)=C9CC)c(CCCC)c8C)c3=1. The number of benzene rings is 3. The highest BCUT2D eigenvalue weighted by Gasteiger charge is 2.24. The molecule has 0 saturated carbocycles. The maximum absolute atomic E-state index is 5.70. The number of aromatic nitrogens is 8. The van der Waals surface area contributed by atoms with Gasteiger partial charge in [0.15, 0.2) is 0 Å². The number of fused-ring (bicyclic) bond motifs is 27. The summed E-state index contributed by atoms with van der Waals surface area (Å²) in [5, 5.41) is 12.2. The van der Waals surface area contributed by atoms with Gasteiger partial charge in [-0.2, -0.15) is 0 Å². The molecule has 3 aliphatic heterocycles. The largest absolute Gasteiger partial charge is 0.355 e. The number of unbranched alkanes of at least 4 members (excludes halogenated alkanes) is 4. The summed E-state index contributed by atoms with van der Waals surface area (Å²) in [6, 6.07) is 33.2. The van der Waals surface area contributed by atoms with E-state index in [-0.39, 0.29) is 0 Å². The third kappa shape index (κ3) is 9.37. The van der Waals surface area contributed by atoms with E-state index in [1.54, 1.807) is 0 Å². The fraction of sp³-hybridized carbons (Fsp3) is 0.350. The molecule has 7 aromatic heterocycles. The van der Waals surface area contributed by atoms with Gasteiger partial charge in [0.2, 0.25) is 0 Å². The quantitative estimate of drug-likeness (QED) is 0.0722. The summed E-state index contributed by atoms with van der Waals surface area (Å²) in [5.41, 5.74) is 33.5.